The van der Waals surface area contributed by atoms with E-state index in [2.05, 4.69) is 0 Å². The van der Waals surface area contributed by atoms with Crippen LogP contribution < -0.4 is 4.74 Å². The molecule has 2 aromatic rings. The Kier molecular flexibility index (Phi) is 4.85. The average Bonchev–Trinajstić information content (AvgIpc) is 3.54. The van der Waals surface area contributed by atoms with Crippen molar-refractivity contribution in [2.75, 3.05) is 0 Å². The molecule has 0 amide bonds. The molecule has 4 aliphatic carbocycles. The fourth-order valence-corrected chi connectivity index (χ4v) is 8.31. The monoisotopic (exact) mass is 578 g/mol. The molecule has 210 valence electrons. The largest absolute Gasteiger partial charge is 0.476 e. The molecule has 0 aromatic heterocycles. The van der Waals surface area contributed by atoms with E-state index in [4.69, 9.17) is 18.9 Å². The van der Waals surface area contributed by atoms with Crippen LogP contribution in [0.5, 0.6) is 5.75 Å². The first-order valence-corrected chi connectivity index (χ1v) is 14.8. The van der Waals surface area contributed by atoms with E-state index in [1.165, 1.54) is 36.4 Å². The normalized spacial score (nSPS) is 32.6. The Balaban J connectivity index is 1.07. The van der Waals surface area contributed by atoms with Gasteiger partial charge in [-0.05, 0) is 73.1 Å². The number of carbonyl (C=O) groups is 4. The van der Waals surface area contributed by atoms with Crippen molar-refractivity contribution in [3.05, 3.63) is 59.2 Å². The van der Waals surface area contributed by atoms with Crippen molar-refractivity contribution in [2.45, 2.75) is 43.1 Å². The maximum atomic E-state index is 13.6. The van der Waals surface area contributed by atoms with Crippen LogP contribution >= 0.6 is 0 Å². The van der Waals surface area contributed by atoms with Gasteiger partial charge in [-0.2, -0.15) is 8.42 Å². The maximum absolute atomic E-state index is 13.6. The highest BCUT2D eigenvalue weighted by Gasteiger charge is 2.64. The molecule has 1 N–H and O–H groups in total. The van der Waals surface area contributed by atoms with Gasteiger partial charge in [0.2, 0.25) is 5.76 Å². The SMILES string of the molecule is O=C(Oc1ccc2cc(S(=O)(=O)O)ccc2c1)C1=C2OC3C(=C2OC(=O)C24CC5CC(C2)C(=O)C(C5)C4)OC(=O)[C@@H]13. The summed E-state index contributed by atoms with van der Waals surface area (Å²) >= 11 is 0. The Hall–Kier alpha value is -4.03. The first-order valence-electron chi connectivity index (χ1n) is 13.4. The molecule has 5 fully saturated rings. The van der Waals surface area contributed by atoms with E-state index in [1.54, 1.807) is 0 Å². The van der Waals surface area contributed by atoms with Gasteiger partial charge in [0, 0.05) is 11.8 Å². The number of ether oxygens (including phenoxy) is 4. The van der Waals surface area contributed by atoms with Crippen molar-refractivity contribution >= 4 is 44.6 Å². The predicted molar refractivity (Wildman–Crippen MR) is 135 cm³/mol. The van der Waals surface area contributed by atoms with Crippen molar-refractivity contribution in [2.24, 2.45) is 29.1 Å². The van der Waals surface area contributed by atoms with E-state index in [-0.39, 0.29) is 51.1 Å². The van der Waals surface area contributed by atoms with Crippen molar-refractivity contribution in [3.63, 3.8) is 0 Å². The fourth-order valence-electron chi connectivity index (χ4n) is 7.79. The molecule has 4 atom stereocenters. The number of hydrogen-bond acceptors (Lipinski definition) is 10. The Labute approximate surface area is 232 Å². The summed E-state index contributed by atoms with van der Waals surface area (Å²) in [6.45, 7) is 0. The van der Waals surface area contributed by atoms with Crippen LogP contribution in [0.3, 0.4) is 0 Å². The van der Waals surface area contributed by atoms with Crippen molar-refractivity contribution in [3.8, 4) is 5.75 Å². The van der Waals surface area contributed by atoms with Crippen LogP contribution in [0, 0.1) is 29.1 Å². The van der Waals surface area contributed by atoms with Crippen molar-refractivity contribution in [1.82, 2.24) is 0 Å². The molecule has 0 radical (unpaired) electrons. The molecule has 9 rings (SSSR count). The molecule has 3 unspecified atom stereocenters. The van der Waals surface area contributed by atoms with E-state index in [9.17, 15) is 32.1 Å². The highest BCUT2D eigenvalue weighted by Crippen LogP contribution is 2.60. The molecule has 41 heavy (non-hydrogen) atoms. The quantitative estimate of drug-likeness (QED) is 0.316. The van der Waals surface area contributed by atoms with Gasteiger partial charge in [-0.25, -0.2) is 4.79 Å². The molecule has 4 saturated carbocycles. The lowest BCUT2D eigenvalue weighted by Crippen LogP contribution is -2.54. The van der Waals surface area contributed by atoms with E-state index in [1.807, 2.05) is 0 Å². The highest BCUT2D eigenvalue weighted by molar-refractivity contribution is 7.85. The second kappa shape index (κ2) is 8.04. The standard InChI is InChI=1S/C29H22O11S/c30-21-15-5-12-6-16(21)11-29(9-12,10-15)28(33)40-25-23-19(20-22(38-23)24(25)39-27(20)32)26(31)37-17-3-1-14-8-18(41(34,35)36)4-2-13(14)7-17/h1-4,7-8,12,15-16,20,22H,5-6,9-11H2,(H,34,35,36)/t12?,15?,16?,20-,22?,29?/m0/s1. The fraction of sp³-hybridized carbons (Fsp3) is 0.379. The first-order chi connectivity index (χ1) is 19.5. The van der Waals surface area contributed by atoms with Crippen LogP contribution in [0.25, 0.3) is 10.8 Å². The number of fused-ring (bicyclic) bond motifs is 2. The molecular weight excluding hydrogens is 556 g/mol. The molecule has 1 saturated heterocycles. The lowest BCUT2D eigenvalue weighted by molar-refractivity contribution is -0.171. The number of Topliss-reactive ketones (excluding diaryl/α,β-unsaturated/α-hetero) is 1. The van der Waals surface area contributed by atoms with Gasteiger partial charge in [0.15, 0.2) is 17.6 Å². The zero-order valence-electron chi connectivity index (χ0n) is 21.3. The van der Waals surface area contributed by atoms with E-state index < -0.39 is 45.5 Å². The third-order valence-corrected chi connectivity index (χ3v) is 10.2. The minimum atomic E-state index is -4.38. The van der Waals surface area contributed by atoms with Crippen LogP contribution in [0.15, 0.2) is 64.1 Å². The Morgan fingerprint density at radius 2 is 1.66 bits per heavy atom. The number of esters is 3. The number of hydrogen-bond donors (Lipinski definition) is 1. The number of ketones is 1. The molecule has 6 bridgehead atoms. The van der Waals surface area contributed by atoms with Gasteiger partial charge in [0.25, 0.3) is 10.1 Å². The molecule has 0 spiro atoms. The summed E-state index contributed by atoms with van der Waals surface area (Å²) in [4.78, 5) is 52.0. The number of carbonyl (C=O) groups excluding carboxylic acids is 4. The van der Waals surface area contributed by atoms with Gasteiger partial charge in [0.1, 0.15) is 23.0 Å². The summed E-state index contributed by atoms with van der Waals surface area (Å²) < 4.78 is 54.8. The first kappa shape index (κ1) is 24.7. The molecule has 11 nitrogen and oxygen atoms in total. The minimum absolute atomic E-state index is 0.0569. The second-order valence-corrected chi connectivity index (χ2v) is 13.2. The Morgan fingerprint density at radius 1 is 0.951 bits per heavy atom. The zero-order chi connectivity index (χ0) is 28.4. The average molecular weight is 579 g/mol. The summed E-state index contributed by atoms with van der Waals surface area (Å²) in [5.41, 5.74) is -0.893. The molecule has 2 aromatic carbocycles. The molecule has 12 heteroatoms. The third-order valence-electron chi connectivity index (χ3n) is 9.39. The van der Waals surface area contributed by atoms with Gasteiger partial charge in [-0.3, -0.25) is 18.9 Å². The lowest BCUT2D eigenvalue weighted by atomic mass is 9.49. The number of rotatable bonds is 5. The smallest absolute Gasteiger partial charge is 0.344 e. The van der Waals surface area contributed by atoms with Gasteiger partial charge >= 0.3 is 17.9 Å². The van der Waals surface area contributed by atoms with E-state index in [0.717, 1.165) is 12.8 Å². The summed E-state index contributed by atoms with van der Waals surface area (Å²) in [7, 11) is -4.38. The summed E-state index contributed by atoms with van der Waals surface area (Å²) in [5.74, 6) is -2.84. The van der Waals surface area contributed by atoms with Crippen molar-refractivity contribution in [1.29, 1.82) is 0 Å². The van der Waals surface area contributed by atoms with Gasteiger partial charge in [-0.1, -0.05) is 12.1 Å². The van der Waals surface area contributed by atoms with Crippen LogP contribution in [-0.4, -0.2) is 42.8 Å². The summed E-state index contributed by atoms with van der Waals surface area (Å²) in [6.07, 6.45) is 2.21. The Morgan fingerprint density at radius 3 is 2.39 bits per heavy atom. The Bertz CT molecular complexity index is 1800. The second-order valence-electron chi connectivity index (χ2n) is 11.8. The van der Waals surface area contributed by atoms with Crippen molar-refractivity contribution < 1.29 is 51.1 Å². The molecule has 3 aliphatic heterocycles. The molecule has 7 aliphatic rings. The number of benzene rings is 2. The molecule has 3 heterocycles. The van der Waals surface area contributed by atoms with E-state index in [0.29, 0.717) is 36.0 Å². The highest BCUT2D eigenvalue weighted by atomic mass is 32.2. The van der Waals surface area contributed by atoms with Crippen LogP contribution in [0.4, 0.5) is 0 Å². The molecular formula is C29H22O11S. The van der Waals surface area contributed by atoms with Crippen LogP contribution in [0.2, 0.25) is 0 Å². The summed E-state index contributed by atoms with van der Waals surface area (Å²) in [5, 5.41) is 1.02. The third kappa shape index (κ3) is 3.50. The van der Waals surface area contributed by atoms with Gasteiger partial charge in [-0.15, -0.1) is 0 Å². The van der Waals surface area contributed by atoms with Gasteiger partial charge < -0.3 is 18.9 Å². The zero-order valence-corrected chi connectivity index (χ0v) is 22.1. The van der Waals surface area contributed by atoms with Crippen LogP contribution in [-0.2, 0) is 43.5 Å². The van der Waals surface area contributed by atoms with Gasteiger partial charge in [0.05, 0.1) is 10.3 Å². The van der Waals surface area contributed by atoms with Crippen LogP contribution in [0.1, 0.15) is 32.1 Å². The maximum Gasteiger partial charge on any atom is 0.344 e. The summed E-state index contributed by atoms with van der Waals surface area (Å²) in [6, 6.07) is 8.43. The van der Waals surface area contributed by atoms with E-state index >= 15 is 0 Å². The topological polar surface area (TPSA) is 160 Å². The predicted octanol–water partition coefficient (Wildman–Crippen LogP) is 2.98. The lowest BCUT2D eigenvalue weighted by Gasteiger charge is -2.53. The minimum Gasteiger partial charge on any atom is -0.476 e.